The second-order valence-electron chi connectivity index (χ2n) is 5.29. The summed E-state index contributed by atoms with van der Waals surface area (Å²) < 4.78 is 5.29. The van der Waals surface area contributed by atoms with E-state index >= 15 is 0 Å². The number of hydrogen-bond donors (Lipinski definition) is 2. The van der Waals surface area contributed by atoms with Crippen LogP contribution in [0.1, 0.15) is 26.2 Å². The third-order valence-electron chi connectivity index (χ3n) is 3.84. The van der Waals surface area contributed by atoms with Crippen molar-refractivity contribution in [2.75, 3.05) is 39.4 Å². The lowest BCUT2D eigenvalue weighted by molar-refractivity contribution is -0.123. The van der Waals surface area contributed by atoms with Crippen molar-refractivity contribution < 1.29 is 9.53 Å². The largest absolute Gasteiger partial charge is 0.381 e. The molecule has 0 spiro atoms. The van der Waals surface area contributed by atoms with Gasteiger partial charge in [-0.15, -0.1) is 0 Å². The third-order valence-corrected chi connectivity index (χ3v) is 3.84. The maximum Gasteiger partial charge on any atom is 0.221 e. The van der Waals surface area contributed by atoms with Gasteiger partial charge in [0, 0.05) is 57.9 Å². The Kier molecular flexibility index (Phi) is 5.41. The molecule has 0 radical (unpaired) electrons. The molecule has 0 aromatic carbocycles. The van der Waals surface area contributed by atoms with Crippen molar-refractivity contribution in [3.63, 3.8) is 0 Å². The second kappa shape index (κ2) is 7.07. The number of piperazine rings is 1. The Morgan fingerprint density at radius 1 is 1.39 bits per heavy atom. The van der Waals surface area contributed by atoms with Gasteiger partial charge in [0.25, 0.3) is 0 Å². The highest BCUT2D eigenvalue weighted by molar-refractivity contribution is 5.76. The van der Waals surface area contributed by atoms with Crippen molar-refractivity contribution in [1.29, 1.82) is 0 Å². The van der Waals surface area contributed by atoms with Crippen LogP contribution < -0.4 is 10.6 Å². The highest BCUT2D eigenvalue weighted by atomic mass is 16.5. The molecule has 2 fully saturated rings. The number of rotatable bonds is 4. The summed E-state index contributed by atoms with van der Waals surface area (Å²) >= 11 is 0. The highest BCUT2D eigenvalue weighted by Crippen LogP contribution is 2.09. The Bertz CT molecular complexity index is 261. The maximum atomic E-state index is 12.0. The van der Waals surface area contributed by atoms with E-state index in [9.17, 15) is 4.79 Å². The van der Waals surface area contributed by atoms with E-state index in [1.165, 1.54) is 0 Å². The molecule has 1 unspecified atom stereocenters. The van der Waals surface area contributed by atoms with Crippen LogP contribution >= 0.6 is 0 Å². The molecular formula is C13H25N3O2. The van der Waals surface area contributed by atoms with Gasteiger partial charge in [-0.2, -0.15) is 0 Å². The molecule has 2 aliphatic rings. The first-order chi connectivity index (χ1) is 8.75. The number of nitrogens with one attached hydrogen (secondary N) is 2. The van der Waals surface area contributed by atoms with Gasteiger partial charge in [-0.05, 0) is 19.8 Å². The molecule has 2 aliphatic heterocycles. The smallest absolute Gasteiger partial charge is 0.221 e. The Morgan fingerprint density at radius 2 is 2.06 bits per heavy atom. The number of amides is 1. The summed E-state index contributed by atoms with van der Waals surface area (Å²) in [7, 11) is 0. The molecule has 0 aromatic rings. The van der Waals surface area contributed by atoms with Crippen molar-refractivity contribution >= 4 is 5.91 Å². The zero-order chi connectivity index (χ0) is 12.8. The summed E-state index contributed by atoms with van der Waals surface area (Å²) in [6, 6.07) is 0.661. The second-order valence-corrected chi connectivity index (χ2v) is 5.29. The number of nitrogens with zero attached hydrogens (tertiary/aromatic N) is 1. The van der Waals surface area contributed by atoms with E-state index < -0.39 is 0 Å². The minimum atomic E-state index is 0.188. The maximum absolute atomic E-state index is 12.0. The Balaban J connectivity index is 1.68. The van der Waals surface area contributed by atoms with E-state index in [1.807, 2.05) is 0 Å². The summed E-state index contributed by atoms with van der Waals surface area (Å²) in [4.78, 5) is 14.4. The topological polar surface area (TPSA) is 53.6 Å². The van der Waals surface area contributed by atoms with Crippen LogP contribution in [0.4, 0.5) is 0 Å². The lowest BCUT2D eigenvalue weighted by Gasteiger charge is -2.33. The Morgan fingerprint density at radius 3 is 2.72 bits per heavy atom. The number of ether oxygens (including phenoxy) is 1. The molecule has 2 heterocycles. The summed E-state index contributed by atoms with van der Waals surface area (Å²) in [6.07, 6.45) is 2.51. The molecule has 2 rings (SSSR count). The molecule has 5 heteroatoms. The predicted molar refractivity (Wildman–Crippen MR) is 70.5 cm³/mol. The molecule has 2 saturated heterocycles. The van der Waals surface area contributed by atoms with E-state index in [2.05, 4.69) is 22.5 Å². The number of carbonyl (C=O) groups excluding carboxylic acids is 1. The molecular weight excluding hydrogens is 230 g/mol. The summed E-state index contributed by atoms with van der Waals surface area (Å²) in [5.74, 6) is 0.188. The van der Waals surface area contributed by atoms with E-state index in [0.717, 1.165) is 52.2 Å². The van der Waals surface area contributed by atoms with E-state index in [0.29, 0.717) is 18.5 Å². The van der Waals surface area contributed by atoms with Crippen LogP contribution in [0.25, 0.3) is 0 Å². The molecule has 1 atom stereocenters. The molecule has 2 N–H and O–H groups in total. The van der Waals surface area contributed by atoms with Gasteiger partial charge < -0.3 is 15.4 Å². The van der Waals surface area contributed by atoms with Gasteiger partial charge >= 0.3 is 0 Å². The molecule has 18 heavy (non-hydrogen) atoms. The standard InChI is InChI=1S/C13H25N3O2/c1-11(16-6-4-14-5-7-16)10-13(17)15-12-2-8-18-9-3-12/h11-12,14H,2-10H2,1H3,(H,15,17). The molecule has 104 valence electrons. The first-order valence-corrected chi connectivity index (χ1v) is 7.07. The van der Waals surface area contributed by atoms with E-state index in [-0.39, 0.29) is 5.91 Å². The Hall–Kier alpha value is -0.650. The van der Waals surface area contributed by atoms with Crippen LogP contribution in [0.15, 0.2) is 0 Å². The first kappa shape index (κ1) is 13.8. The van der Waals surface area contributed by atoms with Crippen LogP contribution in [0.3, 0.4) is 0 Å². The first-order valence-electron chi connectivity index (χ1n) is 7.07. The highest BCUT2D eigenvalue weighted by Gasteiger charge is 2.21. The average molecular weight is 255 g/mol. The minimum absolute atomic E-state index is 0.188. The number of hydrogen-bond acceptors (Lipinski definition) is 4. The van der Waals surface area contributed by atoms with E-state index in [4.69, 9.17) is 4.74 Å². The predicted octanol–water partition coefficient (Wildman–Crippen LogP) is -0.0346. The van der Waals surface area contributed by atoms with Gasteiger partial charge in [-0.3, -0.25) is 9.69 Å². The minimum Gasteiger partial charge on any atom is -0.381 e. The van der Waals surface area contributed by atoms with Crippen LogP contribution in [-0.4, -0.2) is 62.3 Å². The number of carbonyl (C=O) groups is 1. The third kappa shape index (κ3) is 4.23. The summed E-state index contributed by atoms with van der Waals surface area (Å²) in [5.41, 5.74) is 0. The van der Waals surface area contributed by atoms with Gasteiger partial charge in [-0.1, -0.05) is 0 Å². The van der Waals surface area contributed by atoms with Crippen molar-refractivity contribution in [1.82, 2.24) is 15.5 Å². The molecule has 0 aliphatic carbocycles. The average Bonchev–Trinajstić information content (AvgIpc) is 2.40. The fourth-order valence-corrected chi connectivity index (χ4v) is 2.65. The zero-order valence-electron chi connectivity index (χ0n) is 11.3. The fourth-order valence-electron chi connectivity index (χ4n) is 2.65. The van der Waals surface area contributed by atoms with Crippen LogP contribution in [0, 0.1) is 0 Å². The molecule has 0 bridgehead atoms. The van der Waals surface area contributed by atoms with Crippen LogP contribution in [0.5, 0.6) is 0 Å². The fraction of sp³-hybridized carbons (Fsp3) is 0.923. The van der Waals surface area contributed by atoms with Gasteiger partial charge in [0.15, 0.2) is 0 Å². The molecule has 0 aromatic heterocycles. The van der Waals surface area contributed by atoms with Crippen LogP contribution in [-0.2, 0) is 9.53 Å². The van der Waals surface area contributed by atoms with Crippen molar-refractivity contribution in [3.05, 3.63) is 0 Å². The summed E-state index contributed by atoms with van der Waals surface area (Å²) in [6.45, 7) is 7.86. The van der Waals surface area contributed by atoms with Crippen molar-refractivity contribution in [2.45, 2.75) is 38.3 Å². The van der Waals surface area contributed by atoms with Crippen molar-refractivity contribution in [2.24, 2.45) is 0 Å². The Labute approximate surface area is 109 Å². The quantitative estimate of drug-likeness (QED) is 0.740. The van der Waals surface area contributed by atoms with Gasteiger partial charge in [0.1, 0.15) is 0 Å². The normalized spacial score (nSPS) is 24.7. The van der Waals surface area contributed by atoms with Crippen LogP contribution in [0.2, 0.25) is 0 Å². The molecule has 1 amide bonds. The van der Waals surface area contributed by atoms with Gasteiger partial charge in [0.05, 0.1) is 0 Å². The monoisotopic (exact) mass is 255 g/mol. The zero-order valence-corrected chi connectivity index (χ0v) is 11.3. The lowest BCUT2D eigenvalue weighted by atomic mass is 10.1. The molecule has 0 saturated carbocycles. The molecule has 5 nitrogen and oxygen atoms in total. The SMILES string of the molecule is CC(CC(=O)NC1CCOCC1)N1CCNCC1. The summed E-state index contributed by atoms with van der Waals surface area (Å²) in [5, 5.41) is 6.46. The van der Waals surface area contributed by atoms with Gasteiger partial charge in [0.2, 0.25) is 5.91 Å². The van der Waals surface area contributed by atoms with E-state index in [1.54, 1.807) is 0 Å². The van der Waals surface area contributed by atoms with Gasteiger partial charge in [-0.25, -0.2) is 0 Å². The lowest BCUT2D eigenvalue weighted by Crippen LogP contribution is -2.49. The van der Waals surface area contributed by atoms with Crippen molar-refractivity contribution in [3.8, 4) is 0 Å².